The maximum absolute atomic E-state index is 12.9. The number of benzene rings is 1. The lowest BCUT2D eigenvalue weighted by molar-refractivity contribution is -0.155. The normalized spacial score (nSPS) is 15.0. The smallest absolute Gasteiger partial charge is 0.237 e. The summed E-state index contributed by atoms with van der Waals surface area (Å²) in [7, 11) is 1.72. The van der Waals surface area contributed by atoms with E-state index in [1.807, 2.05) is 30.3 Å². The molecule has 1 aromatic rings. The molecule has 1 aliphatic heterocycles. The Hall–Kier alpha value is -2.37. The Morgan fingerprint density at radius 1 is 1.00 bits per heavy atom. The third kappa shape index (κ3) is 4.38. The predicted octanol–water partition coefficient (Wildman–Crippen LogP) is 1.36. The van der Waals surface area contributed by atoms with E-state index in [-0.39, 0.29) is 17.7 Å². The highest BCUT2D eigenvalue weighted by Crippen LogP contribution is 2.24. The first-order valence-corrected chi connectivity index (χ1v) is 8.58. The Bertz CT molecular complexity index is 635. The van der Waals surface area contributed by atoms with Gasteiger partial charge >= 0.3 is 0 Å². The highest BCUT2D eigenvalue weighted by atomic mass is 16.2. The van der Waals surface area contributed by atoms with Crippen LogP contribution >= 0.6 is 0 Å². The van der Waals surface area contributed by atoms with Crippen LogP contribution in [0.1, 0.15) is 26.3 Å². The van der Waals surface area contributed by atoms with E-state index in [1.165, 1.54) is 6.92 Å². The molecule has 0 radical (unpaired) electrons. The molecule has 1 fully saturated rings. The molecule has 3 amide bonds. The van der Waals surface area contributed by atoms with Crippen LogP contribution in [0.15, 0.2) is 30.3 Å². The van der Waals surface area contributed by atoms with Crippen LogP contribution < -0.4 is 0 Å². The summed E-state index contributed by atoms with van der Waals surface area (Å²) in [6.45, 7) is 7.33. The second-order valence-electron chi connectivity index (χ2n) is 7.07. The number of amides is 3. The van der Waals surface area contributed by atoms with Crippen molar-refractivity contribution >= 4 is 17.7 Å². The van der Waals surface area contributed by atoms with Gasteiger partial charge in [0.15, 0.2) is 0 Å². The van der Waals surface area contributed by atoms with E-state index in [0.717, 1.165) is 5.56 Å². The zero-order valence-electron chi connectivity index (χ0n) is 15.5. The third-order valence-electron chi connectivity index (χ3n) is 4.69. The minimum Gasteiger partial charge on any atom is -0.341 e. The molecule has 0 bridgehead atoms. The Morgan fingerprint density at radius 2 is 1.52 bits per heavy atom. The first-order chi connectivity index (χ1) is 11.7. The summed E-state index contributed by atoms with van der Waals surface area (Å²) in [5.74, 6) is -0.360. The van der Waals surface area contributed by atoms with Gasteiger partial charge in [0.1, 0.15) is 5.41 Å². The largest absolute Gasteiger partial charge is 0.341 e. The van der Waals surface area contributed by atoms with E-state index in [9.17, 15) is 14.4 Å². The van der Waals surface area contributed by atoms with Crippen molar-refractivity contribution < 1.29 is 14.4 Å². The molecule has 0 unspecified atom stereocenters. The molecular weight excluding hydrogens is 318 g/mol. The fourth-order valence-corrected chi connectivity index (χ4v) is 3.12. The van der Waals surface area contributed by atoms with Crippen LogP contribution in [0.3, 0.4) is 0 Å². The monoisotopic (exact) mass is 345 g/mol. The summed E-state index contributed by atoms with van der Waals surface area (Å²) in [5, 5.41) is 0. The minimum absolute atomic E-state index is 0.0185. The van der Waals surface area contributed by atoms with Crippen LogP contribution in [-0.2, 0) is 20.9 Å². The van der Waals surface area contributed by atoms with Gasteiger partial charge < -0.3 is 14.7 Å². The van der Waals surface area contributed by atoms with Gasteiger partial charge in [-0.2, -0.15) is 0 Å². The molecule has 1 aliphatic rings. The molecule has 6 heteroatoms. The summed E-state index contributed by atoms with van der Waals surface area (Å²) < 4.78 is 0. The quantitative estimate of drug-likeness (QED) is 0.774. The number of carbonyl (C=O) groups is 3. The number of carbonyl (C=O) groups excluding carboxylic acids is 3. The average molecular weight is 345 g/mol. The second-order valence-corrected chi connectivity index (χ2v) is 7.07. The number of hydrogen-bond donors (Lipinski definition) is 0. The maximum Gasteiger partial charge on any atom is 0.237 e. The van der Waals surface area contributed by atoms with E-state index < -0.39 is 5.41 Å². The van der Waals surface area contributed by atoms with E-state index >= 15 is 0 Å². The van der Waals surface area contributed by atoms with Gasteiger partial charge in [-0.3, -0.25) is 14.4 Å². The molecule has 1 saturated heterocycles. The highest BCUT2D eigenvalue weighted by Gasteiger charge is 2.41. The second kappa shape index (κ2) is 7.68. The van der Waals surface area contributed by atoms with Gasteiger partial charge in [0.2, 0.25) is 17.7 Å². The van der Waals surface area contributed by atoms with E-state index in [0.29, 0.717) is 32.7 Å². The molecule has 25 heavy (non-hydrogen) atoms. The molecular formula is C19H27N3O3. The molecule has 0 aromatic heterocycles. The SMILES string of the molecule is CC(=O)N1CCN(C(=O)C(C)(C)C(=O)N(C)Cc2ccccc2)CC1. The molecule has 0 saturated carbocycles. The van der Waals surface area contributed by atoms with Crippen LogP contribution in [0.4, 0.5) is 0 Å². The fraction of sp³-hybridized carbons (Fsp3) is 0.526. The molecule has 2 rings (SSSR count). The topological polar surface area (TPSA) is 60.9 Å². The third-order valence-corrected chi connectivity index (χ3v) is 4.69. The molecule has 1 aromatic carbocycles. The number of nitrogens with zero attached hydrogens (tertiary/aromatic N) is 3. The van der Waals surface area contributed by atoms with Crippen LogP contribution in [0, 0.1) is 5.41 Å². The first kappa shape index (κ1) is 19.0. The first-order valence-electron chi connectivity index (χ1n) is 8.58. The van der Waals surface area contributed by atoms with Gasteiger partial charge in [0.25, 0.3) is 0 Å². The van der Waals surface area contributed by atoms with Crippen molar-refractivity contribution in [2.75, 3.05) is 33.2 Å². The number of hydrogen-bond acceptors (Lipinski definition) is 3. The molecule has 0 spiro atoms. The Kier molecular flexibility index (Phi) is 5.82. The molecule has 6 nitrogen and oxygen atoms in total. The lowest BCUT2D eigenvalue weighted by atomic mass is 9.89. The molecule has 136 valence electrons. The lowest BCUT2D eigenvalue weighted by Crippen LogP contribution is -2.56. The van der Waals surface area contributed by atoms with Gasteiger partial charge in [-0.05, 0) is 19.4 Å². The molecule has 1 heterocycles. The summed E-state index contributed by atoms with van der Waals surface area (Å²) in [6.07, 6.45) is 0. The standard InChI is InChI=1S/C19H27N3O3/c1-15(23)21-10-12-22(13-11-21)18(25)19(2,3)17(24)20(4)14-16-8-6-5-7-9-16/h5-9H,10-14H2,1-4H3. The van der Waals surface area contributed by atoms with Gasteiger partial charge in [-0.1, -0.05) is 30.3 Å². The molecule has 0 atom stereocenters. The minimum atomic E-state index is -1.12. The summed E-state index contributed by atoms with van der Waals surface area (Å²) in [4.78, 5) is 42.1. The Morgan fingerprint density at radius 3 is 2.04 bits per heavy atom. The van der Waals surface area contributed by atoms with Gasteiger partial charge in [-0.25, -0.2) is 0 Å². The molecule has 0 N–H and O–H groups in total. The van der Waals surface area contributed by atoms with Crippen molar-refractivity contribution in [3.8, 4) is 0 Å². The van der Waals surface area contributed by atoms with Crippen LogP contribution in [-0.4, -0.2) is 65.6 Å². The maximum atomic E-state index is 12.9. The van der Waals surface area contributed by atoms with Gasteiger partial charge in [0, 0.05) is 46.7 Å². The van der Waals surface area contributed by atoms with Crippen molar-refractivity contribution in [3.05, 3.63) is 35.9 Å². The van der Waals surface area contributed by atoms with E-state index in [4.69, 9.17) is 0 Å². The summed E-state index contributed by atoms with van der Waals surface area (Å²) in [5.41, 5.74) is -0.0984. The zero-order valence-corrected chi connectivity index (χ0v) is 15.5. The molecule has 0 aliphatic carbocycles. The lowest BCUT2D eigenvalue weighted by Gasteiger charge is -2.38. The van der Waals surface area contributed by atoms with Crippen molar-refractivity contribution in [2.45, 2.75) is 27.3 Å². The fourth-order valence-electron chi connectivity index (χ4n) is 3.12. The van der Waals surface area contributed by atoms with Gasteiger partial charge in [0.05, 0.1) is 0 Å². The summed E-state index contributed by atoms with van der Waals surface area (Å²) in [6, 6.07) is 9.70. The zero-order chi connectivity index (χ0) is 18.6. The average Bonchev–Trinajstić information content (AvgIpc) is 2.61. The van der Waals surface area contributed by atoms with Crippen molar-refractivity contribution in [1.82, 2.24) is 14.7 Å². The van der Waals surface area contributed by atoms with Crippen molar-refractivity contribution in [3.63, 3.8) is 0 Å². The highest BCUT2D eigenvalue weighted by molar-refractivity contribution is 6.04. The Labute approximate surface area is 149 Å². The van der Waals surface area contributed by atoms with E-state index in [2.05, 4.69) is 0 Å². The van der Waals surface area contributed by atoms with Crippen LogP contribution in [0.2, 0.25) is 0 Å². The van der Waals surface area contributed by atoms with Crippen LogP contribution in [0.5, 0.6) is 0 Å². The predicted molar refractivity (Wildman–Crippen MR) is 95.5 cm³/mol. The number of piperazine rings is 1. The number of rotatable bonds is 4. The Balaban J connectivity index is 2.00. The summed E-state index contributed by atoms with van der Waals surface area (Å²) >= 11 is 0. The van der Waals surface area contributed by atoms with Crippen molar-refractivity contribution in [2.24, 2.45) is 5.41 Å². The van der Waals surface area contributed by atoms with Crippen LogP contribution in [0.25, 0.3) is 0 Å². The van der Waals surface area contributed by atoms with Crippen molar-refractivity contribution in [1.29, 1.82) is 0 Å². The van der Waals surface area contributed by atoms with E-state index in [1.54, 1.807) is 35.6 Å². The van der Waals surface area contributed by atoms with Gasteiger partial charge in [-0.15, -0.1) is 0 Å².